The minimum atomic E-state index is -0.697. The molecular formula is C18H20ClN3O6. The van der Waals surface area contributed by atoms with Crippen LogP contribution in [0.15, 0.2) is 36.7 Å². The van der Waals surface area contributed by atoms with E-state index in [4.69, 9.17) is 16.3 Å². The summed E-state index contributed by atoms with van der Waals surface area (Å²) in [6, 6.07) is 6.40. The molecule has 1 aromatic carbocycles. The normalized spacial score (nSPS) is 10.4. The summed E-state index contributed by atoms with van der Waals surface area (Å²) >= 11 is 6.01. The number of amides is 1. The number of halogens is 1. The quantitative estimate of drug-likeness (QED) is 0.527. The maximum atomic E-state index is 12.0. The van der Waals surface area contributed by atoms with Crippen LogP contribution in [0.5, 0.6) is 0 Å². The molecule has 0 aliphatic carbocycles. The summed E-state index contributed by atoms with van der Waals surface area (Å²) < 4.78 is 15.8. The molecule has 1 heterocycles. The zero-order valence-corrected chi connectivity index (χ0v) is 16.1. The Bertz CT molecular complexity index is 820. The molecule has 2 rings (SSSR count). The van der Waals surface area contributed by atoms with E-state index in [1.165, 1.54) is 31.3 Å². The third-order valence-corrected chi connectivity index (χ3v) is 4.17. The number of methoxy groups -OCH3 is 2. The highest BCUT2D eigenvalue weighted by Crippen LogP contribution is 2.20. The number of hydrogen-bond acceptors (Lipinski definition) is 7. The Kier molecular flexibility index (Phi) is 7.82. The Morgan fingerprint density at radius 2 is 1.79 bits per heavy atom. The SMILES string of the molecule is COC(=O)CC(CC(=O)OC)n1cc(NC(=O)OCc2ccccc2Cl)cn1. The van der Waals surface area contributed by atoms with Crippen LogP contribution in [0.1, 0.15) is 24.4 Å². The van der Waals surface area contributed by atoms with E-state index in [-0.39, 0.29) is 19.4 Å². The zero-order chi connectivity index (χ0) is 20.5. The fraction of sp³-hybridized carbons (Fsp3) is 0.333. The molecule has 0 aliphatic heterocycles. The number of carbonyl (C=O) groups excluding carboxylic acids is 3. The summed E-state index contributed by atoms with van der Waals surface area (Å²) in [7, 11) is 2.51. The first-order valence-electron chi connectivity index (χ1n) is 8.28. The second kappa shape index (κ2) is 10.3. The van der Waals surface area contributed by atoms with Crippen LogP contribution in [0, 0.1) is 0 Å². The van der Waals surface area contributed by atoms with Gasteiger partial charge in [-0.1, -0.05) is 29.8 Å². The first-order valence-corrected chi connectivity index (χ1v) is 8.65. The van der Waals surface area contributed by atoms with Gasteiger partial charge in [0.15, 0.2) is 0 Å². The minimum absolute atomic E-state index is 0.00689. The van der Waals surface area contributed by atoms with Gasteiger partial charge in [0, 0.05) is 16.8 Å². The zero-order valence-electron chi connectivity index (χ0n) is 15.4. The summed E-state index contributed by atoms with van der Waals surface area (Å²) in [4.78, 5) is 35.1. The fourth-order valence-electron chi connectivity index (χ4n) is 2.33. The molecule has 0 saturated heterocycles. The molecule has 0 saturated carbocycles. The van der Waals surface area contributed by atoms with Crippen molar-refractivity contribution < 1.29 is 28.6 Å². The van der Waals surface area contributed by atoms with E-state index in [1.54, 1.807) is 24.3 Å². The van der Waals surface area contributed by atoms with Gasteiger partial charge in [-0.15, -0.1) is 0 Å². The predicted molar refractivity (Wildman–Crippen MR) is 99.8 cm³/mol. The number of nitrogens with zero attached hydrogens (tertiary/aromatic N) is 2. The number of hydrogen-bond donors (Lipinski definition) is 1. The molecule has 0 radical (unpaired) electrons. The van der Waals surface area contributed by atoms with Crippen LogP contribution < -0.4 is 5.32 Å². The van der Waals surface area contributed by atoms with E-state index in [2.05, 4.69) is 19.9 Å². The summed E-state index contributed by atoms with van der Waals surface area (Å²) in [5, 5.41) is 7.10. The van der Waals surface area contributed by atoms with Crippen molar-refractivity contribution in [3.05, 3.63) is 47.2 Å². The van der Waals surface area contributed by atoms with Gasteiger partial charge in [0.25, 0.3) is 0 Å². The van der Waals surface area contributed by atoms with Crippen LogP contribution in [-0.2, 0) is 30.4 Å². The van der Waals surface area contributed by atoms with Crippen LogP contribution in [0.25, 0.3) is 0 Å². The Morgan fingerprint density at radius 1 is 1.14 bits per heavy atom. The molecular weight excluding hydrogens is 390 g/mol. The van der Waals surface area contributed by atoms with Gasteiger partial charge >= 0.3 is 18.0 Å². The summed E-state index contributed by atoms with van der Waals surface area (Å²) in [6.45, 7) is 0.00689. The number of rotatable bonds is 8. The number of anilines is 1. The molecule has 9 nitrogen and oxygen atoms in total. The smallest absolute Gasteiger partial charge is 0.412 e. The van der Waals surface area contributed by atoms with Crippen LogP contribution >= 0.6 is 11.6 Å². The van der Waals surface area contributed by atoms with E-state index in [0.29, 0.717) is 16.3 Å². The molecule has 0 bridgehead atoms. The van der Waals surface area contributed by atoms with E-state index in [1.807, 2.05) is 0 Å². The van der Waals surface area contributed by atoms with Crippen LogP contribution in [-0.4, -0.2) is 42.0 Å². The molecule has 0 atom stereocenters. The molecule has 2 aromatic rings. The van der Waals surface area contributed by atoms with E-state index < -0.39 is 24.1 Å². The molecule has 10 heteroatoms. The van der Waals surface area contributed by atoms with Gasteiger partial charge in [-0.05, 0) is 6.07 Å². The number of aromatic nitrogens is 2. The Balaban J connectivity index is 1.98. The molecule has 1 aromatic heterocycles. The highest BCUT2D eigenvalue weighted by molar-refractivity contribution is 6.31. The fourth-order valence-corrected chi connectivity index (χ4v) is 2.52. The predicted octanol–water partition coefficient (Wildman–Crippen LogP) is 2.95. The van der Waals surface area contributed by atoms with Gasteiger partial charge in [-0.25, -0.2) is 4.79 Å². The molecule has 1 amide bonds. The van der Waals surface area contributed by atoms with Gasteiger partial charge in [0.1, 0.15) is 6.61 Å². The largest absolute Gasteiger partial charge is 0.469 e. The molecule has 150 valence electrons. The van der Waals surface area contributed by atoms with Crippen LogP contribution in [0.2, 0.25) is 5.02 Å². The van der Waals surface area contributed by atoms with E-state index >= 15 is 0 Å². The number of esters is 2. The van der Waals surface area contributed by atoms with Gasteiger partial charge in [-0.2, -0.15) is 5.10 Å². The van der Waals surface area contributed by atoms with E-state index in [9.17, 15) is 14.4 Å². The average molecular weight is 410 g/mol. The molecule has 0 aliphatic rings. The second-order valence-electron chi connectivity index (χ2n) is 5.72. The highest BCUT2D eigenvalue weighted by atomic mass is 35.5. The first-order chi connectivity index (χ1) is 13.4. The lowest BCUT2D eigenvalue weighted by Gasteiger charge is -2.15. The molecule has 0 unspecified atom stereocenters. The van der Waals surface area contributed by atoms with Gasteiger partial charge in [0.05, 0.1) is 45.0 Å². The third kappa shape index (κ3) is 6.27. The van der Waals surface area contributed by atoms with Crippen molar-refractivity contribution in [2.24, 2.45) is 0 Å². The third-order valence-electron chi connectivity index (χ3n) is 3.80. The van der Waals surface area contributed by atoms with Crippen molar-refractivity contribution in [3.8, 4) is 0 Å². The minimum Gasteiger partial charge on any atom is -0.469 e. The van der Waals surface area contributed by atoms with Crippen LogP contribution in [0.4, 0.5) is 10.5 Å². The number of ether oxygens (including phenoxy) is 3. The molecule has 0 fully saturated rings. The van der Waals surface area contributed by atoms with E-state index in [0.717, 1.165) is 0 Å². The topological polar surface area (TPSA) is 109 Å². The highest BCUT2D eigenvalue weighted by Gasteiger charge is 2.22. The van der Waals surface area contributed by atoms with Crippen molar-refractivity contribution in [2.75, 3.05) is 19.5 Å². The van der Waals surface area contributed by atoms with Crippen molar-refractivity contribution in [3.63, 3.8) is 0 Å². The lowest BCUT2D eigenvalue weighted by molar-refractivity contribution is -0.144. The maximum Gasteiger partial charge on any atom is 0.412 e. The Hall–Kier alpha value is -3.07. The monoisotopic (exact) mass is 409 g/mol. The van der Waals surface area contributed by atoms with Crippen molar-refractivity contribution in [1.29, 1.82) is 0 Å². The second-order valence-corrected chi connectivity index (χ2v) is 6.12. The number of carbonyl (C=O) groups is 3. The number of benzene rings is 1. The summed E-state index contributed by atoms with van der Waals surface area (Å²) in [6.07, 6.45) is 2.00. The van der Waals surface area contributed by atoms with Crippen molar-refractivity contribution in [2.45, 2.75) is 25.5 Å². The molecule has 28 heavy (non-hydrogen) atoms. The van der Waals surface area contributed by atoms with Crippen LogP contribution in [0.3, 0.4) is 0 Å². The van der Waals surface area contributed by atoms with Gasteiger partial charge in [-0.3, -0.25) is 19.6 Å². The Morgan fingerprint density at radius 3 is 2.39 bits per heavy atom. The van der Waals surface area contributed by atoms with Gasteiger partial charge in [0.2, 0.25) is 0 Å². The first kappa shape index (κ1) is 21.2. The molecule has 1 N–H and O–H groups in total. The lowest BCUT2D eigenvalue weighted by Crippen LogP contribution is -2.19. The maximum absolute atomic E-state index is 12.0. The van der Waals surface area contributed by atoms with Gasteiger partial charge < -0.3 is 14.2 Å². The lowest BCUT2D eigenvalue weighted by atomic mass is 10.1. The summed E-state index contributed by atoms with van der Waals surface area (Å²) in [5.41, 5.74) is 1.01. The average Bonchev–Trinajstić information content (AvgIpc) is 3.14. The summed E-state index contributed by atoms with van der Waals surface area (Å²) in [5.74, 6) is -1.00. The van der Waals surface area contributed by atoms with Crippen molar-refractivity contribution >= 4 is 35.3 Å². The Labute approximate surface area is 166 Å². The number of nitrogens with one attached hydrogen (secondary N) is 1. The van der Waals surface area contributed by atoms with Crippen molar-refractivity contribution in [1.82, 2.24) is 9.78 Å². The standard InChI is InChI=1S/C18H20ClN3O6/c1-26-16(23)7-14(8-17(24)27-2)22-10-13(9-20-22)21-18(25)28-11-12-5-3-4-6-15(12)19/h3-6,9-10,14H,7-8,11H2,1-2H3,(H,21,25). The molecule has 0 spiro atoms.